The molecule has 48 heavy (non-hydrogen) atoms. The molecule has 3 aromatic rings. The Morgan fingerprint density at radius 2 is 1.15 bits per heavy atom. The third-order valence-corrected chi connectivity index (χ3v) is 12.8. The van der Waals surface area contributed by atoms with E-state index in [2.05, 4.69) is 82.6 Å². The highest BCUT2D eigenvalue weighted by Crippen LogP contribution is 2.51. The maximum absolute atomic E-state index is 5.46. The highest BCUT2D eigenvalue weighted by Gasteiger charge is 2.40. The predicted octanol–water partition coefficient (Wildman–Crippen LogP) is 11.9. The maximum atomic E-state index is 5.46. The second kappa shape index (κ2) is 12.4. The van der Waals surface area contributed by atoms with Crippen molar-refractivity contribution in [1.29, 1.82) is 0 Å². The van der Waals surface area contributed by atoms with Crippen molar-refractivity contribution in [1.82, 2.24) is 15.0 Å². The standard InChI is InChI=1S/C44H60N4/c1-23(2)34-22-45-39-27(34)15-11-18-31(39)43-37(25(5)6)29-17-13-20-33(41(29)47-43)44-38(26(7)8)30-16-12-19-32(40(30)48-44)42-36(24(3)4)28-14-9-10-21-35(28)46-42/h21-26,31-33,45,47-48H,9-20H2,1-8H3. The molecule has 1 aliphatic heterocycles. The van der Waals surface area contributed by atoms with E-state index in [1.807, 2.05) is 0 Å². The molecule has 0 bridgehead atoms. The smallest absolute Gasteiger partial charge is 0.0629 e. The predicted molar refractivity (Wildman–Crippen MR) is 201 cm³/mol. The van der Waals surface area contributed by atoms with Gasteiger partial charge in [-0.25, -0.2) is 0 Å². The number of allylic oxidation sites excluding steroid dienone is 3. The number of hydrogen-bond acceptors (Lipinski definition) is 1. The molecule has 4 aliphatic carbocycles. The van der Waals surface area contributed by atoms with Gasteiger partial charge in [0.1, 0.15) is 0 Å². The highest BCUT2D eigenvalue weighted by molar-refractivity contribution is 6.09. The minimum Gasteiger partial charge on any atom is -0.364 e. The maximum Gasteiger partial charge on any atom is 0.0629 e. The summed E-state index contributed by atoms with van der Waals surface area (Å²) >= 11 is 0. The van der Waals surface area contributed by atoms with Crippen molar-refractivity contribution in [2.45, 2.75) is 168 Å². The highest BCUT2D eigenvalue weighted by atomic mass is 14.9. The molecule has 4 nitrogen and oxygen atoms in total. The summed E-state index contributed by atoms with van der Waals surface area (Å²) in [5, 5.41) is 0. The van der Waals surface area contributed by atoms with E-state index < -0.39 is 0 Å². The van der Waals surface area contributed by atoms with E-state index >= 15 is 0 Å². The van der Waals surface area contributed by atoms with Crippen LogP contribution < -0.4 is 0 Å². The van der Waals surface area contributed by atoms with Crippen molar-refractivity contribution in [2.75, 3.05) is 0 Å². The molecule has 3 atom stereocenters. The molecule has 3 unspecified atom stereocenters. The lowest BCUT2D eigenvalue weighted by Crippen LogP contribution is -2.22. The van der Waals surface area contributed by atoms with Crippen LogP contribution in [0.25, 0.3) is 0 Å². The Morgan fingerprint density at radius 3 is 1.73 bits per heavy atom. The SMILES string of the molecule is CC(C)C1=C2CCCC=C2N=C1C1CCCc2c1[nH]c(C1CCCc3c1[nH]c(C1CCCc4c(C(C)C)c[nH]c41)c3C(C)C)c2C(C)C. The Balaban J connectivity index is 1.24. The molecule has 4 heterocycles. The van der Waals surface area contributed by atoms with E-state index in [1.54, 1.807) is 39.0 Å². The van der Waals surface area contributed by atoms with Crippen LogP contribution in [-0.4, -0.2) is 20.7 Å². The lowest BCUT2D eigenvalue weighted by molar-refractivity contribution is 0.577. The molecule has 3 aromatic heterocycles. The molecular weight excluding hydrogens is 585 g/mol. The lowest BCUT2D eigenvalue weighted by atomic mass is 9.76. The van der Waals surface area contributed by atoms with Crippen molar-refractivity contribution in [3.05, 3.63) is 91.0 Å². The average molecular weight is 645 g/mol. The number of nitrogens with zero attached hydrogens (tertiary/aromatic N) is 1. The lowest BCUT2D eigenvalue weighted by Gasteiger charge is -2.27. The van der Waals surface area contributed by atoms with Gasteiger partial charge < -0.3 is 15.0 Å². The molecule has 0 saturated heterocycles. The summed E-state index contributed by atoms with van der Waals surface area (Å²) in [5.41, 5.74) is 23.0. The molecule has 0 aromatic carbocycles. The Kier molecular flexibility index (Phi) is 8.32. The number of fused-ring (bicyclic) bond motifs is 4. The van der Waals surface area contributed by atoms with E-state index in [0.717, 1.165) is 0 Å². The monoisotopic (exact) mass is 644 g/mol. The van der Waals surface area contributed by atoms with Crippen LogP contribution in [-0.2, 0) is 19.3 Å². The first kappa shape index (κ1) is 32.2. The van der Waals surface area contributed by atoms with Gasteiger partial charge in [-0.15, -0.1) is 0 Å². The molecule has 0 fully saturated rings. The summed E-state index contributed by atoms with van der Waals surface area (Å²) in [6.45, 7) is 19.2. The van der Waals surface area contributed by atoms with Crippen LogP contribution in [0.5, 0.6) is 0 Å². The largest absolute Gasteiger partial charge is 0.364 e. The molecule has 0 saturated carbocycles. The van der Waals surface area contributed by atoms with Gasteiger partial charge in [0.05, 0.1) is 11.4 Å². The first-order valence-electron chi connectivity index (χ1n) is 19.9. The van der Waals surface area contributed by atoms with E-state index in [9.17, 15) is 0 Å². The molecule has 256 valence electrons. The van der Waals surface area contributed by atoms with Gasteiger partial charge in [0.25, 0.3) is 0 Å². The van der Waals surface area contributed by atoms with Gasteiger partial charge in [-0.05, 0) is 145 Å². The van der Waals surface area contributed by atoms with Crippen molar-refractivity contribution in [3.8, 4) is 0 Å². The number of hydrogen-bond donors (Lipinski definition) is 3. The molecule has 5 aliphatic rings. The number of nitrogens with one attached hydrogen (secondary N) is 3. The average Bonchev–Trinajstić information content (AvgIpc) is 3.84. The molecule has 3 N–H and O–H groups in total. The molecule has 4 heteroatoms. The number of aromatic nitrogens is 3. The second-order valence-electron chi connectivity index (χ2n) is 17.1. The zero-order valence-electron chi connectivity index (χ0n) is 31.1. The van der Waals surface area contributed by atoms with E-state index in [1.165, 1.54) is 122 Å². The van der Waals surface area contributed by atoms with Crippen molar-refractivity contribution in [2.24, 2.45) is 10.9 Å². The topological polar surface area (TPSA) is 59.7 Å². The van der Waals surface area contributed by atoms with Crippen LogP contribution in [0.4, 0.5) is 0 Å². The van der Waals surface area contributed by atoms with Gasteiger partial charge in [-0.2, -0.15) is 0 Å². The Labute approximate surface area is 289 Å². The first-order chi connectivity index (χ1) is 23.2. The van der Waals surface area contributed by atoms with E-state index in [-0.39, 0.29) is 0 Å². The summed E-state index contributed by atoms with van der Waals surface area (Å²) in [6, 6.07) is 0. The van der Waals surface area contributed by atoms with Gasteiger partial charge in [0.2, 0.25) is 0 Å². The van der Waals surface area contributed by atoms with Crippen LogP contribution >= 0.6 is 0 Å². The third kappa shape index (κ3) is 5.01. The van der Waals surface area contributed by atoms with Crippen LogP contribution in [0.1, 0.15) is 211 Å². The number of rotatable bonds is 7. The quantitative estimate of drug-likeness (QED) is 0.229. The summed E-state index contributed by atoms with van der Waals surface area (Å²) < 4.78 is 0. The zero-order chi connectivity index (χ0) is 33.4. The third-order valence-electron chi connectivity index (χ3n) is 12.8. The number of H-pyrrole nitrogens is 3. The van der Waals surface area contributed by atoms with Gasteiger partial charge >= 0.3 is 0 Å². The van der Waals surface area contributed by atoms with E-state index in [0.29, 0.717) is 41.4 Å². The number of aromatic amines is 3. The van der Waals surface area contributed by atoms with Gasteiger partial charge in [-0.3, -0.25) is 4.99 Å². The molecule has 0 amide bonds. The Bertz CT molecular complexity index is 1810. The molecular formula is C44H60N4. The minimum absolute atomic E-state index is 0.383. The normalized spacial score (nSPS) is 24.0. The molecule has 8 rings (SSSR count). The summed E-state index contributed by atoms with van der Waals surface area (Å²) in [6.07, 6.45) is 19.5. The minimum atomic E-state index is 0.383. The molecule has 0 spiro atoms. The summed E-state index contributed by atoms with van der Waals surface area (Å²) in [5.74, 6) is 3.31. The van der Waals surface area contributed by atoms with Crippen LogP contribution in [0, 0.1) is 5.92 Å². The Hall–Kier alpha value is -3.01. The van der Waals surface area contributed by atoms with Gasteiger partial charge in [0.15, 0.2) is 0 Å². The van der Waals surface area contributed by atoms with Crippen molar-refractivity contribution >= 4 is 5.71 Å². The summed E-state index contributed by atoms with van der Waals surface area (Å²) in [7, 11) is 0. The Morgan fingerprint density at radius 1 is 0.583 bits per heavy atom. The van der Waals surface area contributed by atoms with Crippen LogP contribution in [0.3, 0.4) is 0 Å². The molecule has 0 radical (unpaired) electrons. The second-order valence-corrected chi connectivity index (χ2v) is 17.1. The fourth-order valence-corrected chi connectivity index (χ4v) is 10.9. The van der Waals surface area contributed by atoms with Gasteiger partial charge in [-0.1, -0.05) is 61.5 Å². The van der Waals surface area contributed by atoms with Gasteiger partial charge in [0, 0.05) is 52.4 Å². The fourth-order valence-electron chi connectivity index (χ4n) is 10.9. The number of aliphatic imine (C=N–C) groups is 1. The first-order valence-corrected chi connectivity index (χ1v) is 19.9. The van der Waals surface area contributed by atoms with Crippen molar-refractivity contribution < 1.29 is 0 Å². The van der Waals surface area contributed by atoms with Crippen LogP contribution in [0.2, 0.25) is 0 Å². The van der Waals surface area contributed by atoms with Crippen LogP contribution in [0.15, 0.2) is 34.1 Å². The zero-order valence-corrected chi connectivity index (χ0v) is 31.1. The van der Waals surface area contributed by atoms with Crippen molar-refractivity contribution in [3.63, 3.8) is 0 Å². The summed E-state index contributed by atoms with van der Waals surface area (Å²) in [4.78, 5) is 17.8. The van der Waals surface area contributed by atoms with E-state index in [4.69, 9.17) is 4.99 Å². The fraction of sp³-hybridized carbons (Fsp3) is 0.614.